The van der Waals surface area contributed by atoms with E-state index in [1.165, 1.54) is 11.3 Å². The van der Waals surface area contributed by atoms with Gasteiger partial charge in [-0.2, -0.15) is 0 Å². The lowest BCUT2D eigenvalue weighted by Gasteiger charge is -2.28. The molecule has 0 radical (unpaired) electrons. The molecule has 2 N–H and O–H groups in total. The van der Waals surface area contributed by atoms with Gasteiger partial charge in [0.15, 0.2) is 0 Å². The van der Waals surface area contributed by atoms with Gasteiger partial charge < -0.3 is 15.5 Å². The Hall–Kier alpha value is -0.970. The SMILES string of the molecule is CCN(CCNC(=O)C1(C)CC12CCNCC2)c1cccc(C)c1.Cl.Cl. The van der Waals surface area contributed by atoms with Gasteiger partial charge in [-0.15, -0.1) is 24.8 Å². The van der Waals surface area contributed by atoms with Crippen molar-refractivity contribution in [3.8, 4) is 0 Å². The Morgan fingerprint density at radius 3 is 2.58 bits per heavy atom. The molecule has 1 saturated carbocycles. The van der Waals surface area contributed by atoms with Crippen molar-refractivity contribution in [1.29, 1.82) is 0 Å². The van der Waals surface area contributed by atoms with Gasteiger partial charge in [0.25, 0.3) is 0 Å². The minimum absolute atomic E-state index is 0. The summed E-state index contributed by atoms with van der Waals surface area (Å²) in [6.45, 7) is 11.1. The molecule has 26 heavy (non-hydrogen) atoms. The third-order valence-corrected chi connectivity index (χ3v) is 6.22. The van der Waals surface area contributed by atoms with Gasteiger partial charge in [0.2, 0.25) is 5.91 Å². The minimum atomic E-state index is -0.143. The van der Waals surface area contributed by atoms with Crippen LogP contribution in [0.4, 0.5) is 5.69 Å². The van der Waals surface area contributed by atoms with Gasteiger partial charge in [0.05, 0.1) is 5.41 Å². The number of hydrogen-bond donors (Lipinski definition) is 2. The number of amides is 1. The van der Waals surface area contributed by atoms with Crippen LogP contribution in [0.15, 0.2) is 24.3 Å². The number of rotatable bonds is 6. The lowest BCUT2D eigenvalue weighted by molar-refractivity contribution is -0.127. The molecular formula is C20H33Cl2N3O. The minimum Gasteiger partial charge on any atom is -0.370 e. The van der Waals surface area contributed by atoms with Crippen LogP contribution in [0.3, 0.4) is 0 Å². The van der Waals surface area contributed by atoms with E-state index in [9.17, 15) is 4.79 Å². The Morgan fingerprint density at radius 1 is 1.27 bits per heavy atom. The summed E-state index contributed by atoms with van der Waals surface area (Å²) < 4.78 is 0. The molecule has 1 saturated heterocycles. The Bertz CT molecular complexity index is 604. The van der Waals surface area contributed by atoms with Gasteiger partial charge in [0, 0.05) is 25.3 Å². The molecule has 1 spiro atoms. The van der Waals surface area contributed by atoms with Crippen molar-refractivity contribution in [3.05, 3.63) is 29.8 Å². The van der Waals surface area contributed by atoms with Crippen LogP contribution in [0.5, 0.6) is 0 Å². The smallest absolute Gasteiger partial charge is 0.226 e. The lowest BCUT2D eigenvalue weighted by Crippen LogP contribution is -2.41. The molecule has 1 aromatic rings. The zero-order valence-electron chi connectivity index (χ0n) is 16.1. The predicted octanol–water partition coefficient (Wildman–Crippen LogP) is 3.56. The van der Waals surface area contributed by atoms with E-state index in [-0.39, 0.29) is 41.6 Å². The fourth-order valence-corrected chi connectivity index (χ4v) is 4.38. The monoisotopic (exact) mass is 401 g/mol. The van der Waals surface area contributed by atoms with E-state index in [1.54, 1.807) is 0 Å². The van der Waals surface area contributed by atoms with Crippen LogP contribution in [0.1, 0.15) is 38.7 Å². The number of likely N-dealkylation sites (N-methyl/N-ethyl adjacent to an activating group) is 1. The number of hydrogen-bond acceptors (Lipinski definition) is 3. The largest absolute Gasteiger partial charge is 0.370 e. The van der Waals surface area contributed by atoms with E-state index < -0.39 is 0 Å². The number of carbonyl (C=O) groups is 1. The second-order valence-electron chi connectivity index (χ2n) is 7.71. The zero-order chi connectivity index (χ0) is 17.2. The van der Waals surface area contributed by atoms with Crippen molar-refractivity contribution < 1.29 is 4.79 Å². The molecule has 4 nitrogen and oxygen atoms in total. The molecule has 1 aromatic carbocycles. The van der Waals surface area contributed by atoms with Crippen LogP contribution >= 0.6 is 24.8 Å². The summed E-state index contributed by atoms with van der Waals surface area (Å²) in [5.41, 5.74) is 2.63. The summed E-state index contributed by atoms with van der Waals surface area (Å²) in [5.74, 6) is 0.254. The van der Waals surface area contributed by atoms with Crippen LogP contribution in [-0.4, -0.2) is 38.6 Å². The number of anilines is 1. The number of nitrogens with zero attached hydrogens (tertiary/aromatic N) is 1. The summed E-state index contributed by atoms with van der Waals surface area (Å²) in [4.78, 5) is 15.0. The lowest BCUT2D eigenvalue weighted by atomic mass is 9.85. The van der Waals surface area contributed by atoms with Gasteiger partial charge in [-0.25, -0.2) is 0 Å². The van der Waals surface area contributed by atoms with Crippen LogP contribution < -0.4 is 15.5 Å². The van der Waals surface area contributed by atoms with Crippen molar-refractivity contribution in [2.45, 2.75) is 40.0 Å². The molecule has 3 rings (SSSR count). The number of carbonyl (C=O) groups excluding carboxylic acids is 1. The van der Waals surface area contributed by atoms with Crippen LogP contribution in [0.2, 0.25) is 0 Å². The van der Waals surface area contributed by atoms with Crippen molar-refractivity contribution in [2.24, 2.45) is 10.8 Å². The maximum absolute atomic E-state index is 12.7. The summed E-state index contributed by atoms with van der Waals surface area (Å²) in [7, 11) is 0. The third kappa shape index (κ3) is 4.47. The summed E-state index contributed by atoms with van der Waals surface area (Å²) >= 11 is 0. The molecule has 6 heteroatoms. The molecule has 0 aromatic heterocycles. The summed E-state index contributed by atoms with van der Waals surface area (Å²) in [5, 5.41) is 6.61. The molecule has 1 atom stereocenters. The molecule has 1 aliphatic heterocycles. The molecular weight excluding hydrogens is 369 g/mol. The molecule has 2 aliphatic rings. The number of nitrogens with one attached hydrogen (secondary N) is 2. The molecule has 1 aliphatic carbocycles. The maximum Gasteiger partial charge on any atom is 0.226 e. The first-order valence-corrected chi connectivity index (χ1v) is 9.31. The van der Waals surface area contributed by atoms with E-state index >= 15 is 0 Å². The third-order valence-electron chi connectivity index (χ3n) is 6.22. The highest BCUT2D eigenvalue weighted by Gasteiger charge is 2.67. The standard InChI is InChI=1S/C20H31N3O.2ClH/c1-4-23(17-7-5-6-16(2)14-17)13-12-22-18(24)19(3)15-20(19)8-10-21-11-9-20;;/h5-7,14,21H,4,8-13,15H2,1-3H3,(H,22,24);2*1H. The average Bonchev–Trinajstić information content (AvgIpc) is 3.16. The van der Waals surface area contributed by atoms with Crippen LogP contribution in [0, 0.1) is 17.8 Å². The Labute approximate surface area is 170 Å². The Morgan fingerprint density at radius 2 is 1.96 bits per heavy atom. The van der Waals surface area contributed by atoms with Crippen LogP contribution in [0.25, 0.3) is 0 Å². The summed E-state index contributed by atoms with van der Waals surface area (Å²) in [6, 6.07) is 8.56. The second kappa shape index (κ2) is 9.29. The first-order chi connectivity index (χ1) is 11.5. The molecule has 148 valence electrons. The molecule has 0 bridgehead atoms. The van der Waals surface area contributed by atoms with Gasteiger partial charge in [-0.1, -0.05) is 19.1 Å². The van der Waals surface area contributed by atoms with Crippen molar-refractivity contribution in [3.63, 3.8) is 0 Å². The van der Waals surface area contributed by atoms with Crippen molar-refractivity contribution in [1.82, 2.24) is 10.6 Å². The normalized spacial score (nSPS) is 22.7. The van der Waals surface area contributed by atoms with Gasteiger partial charge in [-0.05, 0) is 69.3 Å². The number of halogens is 2. The van der Waals surface area contributed by atoms with Gasteiger partial charge in [-0.3, -0.25) is 4.79 Å². The van der Waals surface area contributed by atoms with Crippen molar-refractivity contribution >= 4 is 36.4 Å². The summed E-state index contributed by atoms with van der Waals surface area (Å²) in [6.07, 6.45) is 3.34. The van der Waals surface area contributed by atoms with E-state index in [1.807, 2.05) is 0 Å². The molecule has 1 amide bonds. The first kappa shape index (κ1) is 23.1. The fourth-order valence-electron chi connectivity index (χ4n) is 4.38. The van der Waals surface area contributed by atoms with Crippen molar-refractivity contribution in [2.75, 3.05) is 37.6 Å². The highest BCUT2D eigenvalue weighted by Crippen LogP contribution is 2.68. The van der Waals surface area contributed by atoms with E-state index in [0.29, 0.717) is 6.54 Å². The maximum atomic E-state index is 12.7. The highest BCUT2D eigenvalue weighted by atomic mass is 35.5. The Balaban J connectivity index is 0.00000169. The van der Waals surface area contributed by atoms with E-state index in [0.717, 1.165) is 45.4 Å². The number of piperidine rings is 1. The fraction of sp³-hybridized carbons (Fsp3) is 0.650. The van der Waals surface area contributed by atoms with E-state index in [4.69, 9.17) is 0 Å². The van der Waals surface area contributed by atoms with Crippen LogP contribution in [-0.2, 0) is 4.79 Å². The molecule has 1 heterocycles. The highest BCUT2D eigenvalue weighted by molar-refractivity contribution is 5.86. The zero-order valence-corrected chi connectivity index (χ0v) is 17.8. The number of aryl methyl sites for hydroxylation is 1. The first-order valence-electron chi connectivity index (χ1n) is 9.31. The van der Waals surface area contributed by atoms with Gasteiger partial charge >= 0.3 is 0 Å². The van der Waals surface area contributed by atoms with Gasteiger partial charge in [0.1, 0.15) is 0 Å². The molecule has 1 unspecified atom stereocenters. The second-order valence-corrected chi connectivity index (χ2v) is 7.71. The quantitative estimate of drug-likeness (QED) is 0.765. The average molecular weight is 402 g/mol. The number of benzene rings is 1. The predicted molar refractivity (Wildman–Crippen MR) is 114 cm³/mol. The topological polar surface area (TPSA) is 44.4 Å². The Kier molecular flexibility index (Phi) is 8.25. The molecule has 2 fully saturated rings. The van der Waals surface area contributed by atoms with E-state index in [2.05, 4.69) is 60.6 Å².